The largest absolute Gasteiger partial charge is 0.375 e. The standard InChI is InChI=1S/C16H30N2O/c1-18-9-5-14(13-18)12-17-15-6-10-19-16(11-15)7-3-2-4-8-16/h14-15,17H,2-13H2,1H3. The van der Waals surface area contributed by atoms with E-state index in [2.05, 4.69) is 17.3 Å². The highest BCUT2D eigenvalue weighted by Crippen LogP contribution is 2.38. The predicted octanol–water partition coefficient (Wildman–Crippen LogP) is 2.41. The van der Waals surface area contributed by atoms with Gasteiger partial charge in [-0.1, -0.05) is 19.3 Å². The topological polar surface area (TPSA) is 24.5 Å². The Hall–Kier alpha value is -0.120. The van der Waals surface area contributed by atoms with Crippen LogP contribution >= 0.6 is 0 Å². The lowest BCUT2D eigenvalue weighted by Crippen LogP contribution is -2.49. The van der Waals surface area contributed by atoms with Gasteiger partial charge in [0.1, 0.15) is 0 Å². The third-order valence-corrected chi connectivity index (χ3v) is 5.44. The van der Waals surface area contributed by atoms with Crippen molar-refractivity contribution in [1.82, 2.24) is 10.2 Å². The third kappa shape index (κ3) is 3.50. The van der Waals surface area contributed by atoms with Gasteiger partial charge >= 0.3 is 0 Å². The van der Waals surface area contributed by atoms with Crippen molar-refractivity contribution >= 4 is 0 Å². The van der Waals surface area contributed by atoms with Gasteiger partial charge in [-0.3, -0.25) is 0 Å². The normalized spacial score (nSPS) is 35.8. The van der Waals surface area contributed by atoms with Crippen LogP contribution in [0.1, 0.15) is 51.4 Å². The second kappa shape index (κ2) is 6.11. The van der Waals surface area contributed by atoms with Crippen LogP contribution in [0.25, 0.3) is 0 Å². The van der Waals surface area contributed by atoms with E-state index in [1.807, 2.05) is 0 Å². The minimum atomic E-state index is 0.251. The van der Waals surface area contributed by atoms with Crippen molar-refractivity contribution in [2.45, 2.75) is 63.0 Å². The second-order valence-electron chi connectivity index (χ2n) is 7.11. The van der Waals surface area contributed by atoms with Crippen molar-refractivity contribution in [2.75, 3.05) is 33.3 Å². The molecule has 0 aromatic heterocycles. The van der Waals surface area contributed by atoms with Gasteiger partial charge < -0.3 is 15.0 Å². The van der Waals surface area contributed by atoms with Crippen LogP contribution in [-0.2, 0) is 4.74 Å². The summed E-state index contributed by atoms with van der Waals surface area (Å²) in [7, 11) is 2.24. The van der Waals surface area contributed by atoms with Crippen molar-refractivity contribution in [2.24, 2.45) is 5.92 Å². The Morgan fingerprint density at radius 2 is 2.05 bits per heavy atom. The number of hydrogen-bond acceptors (Lipinski definition) is 3. The summed E-state index contributed by atoms with van der Waals surface area (Å²) in [6, 6.07) is 0.706. The summed E-state index contributed by atoms with van der Waals surface area (Å²) >= 11 is 0. The first-order chi connectivity index (χ1) is 9.26. The van der Waals surface area contributed by atoms with Gasteiger partial charge in [-0.15, -0.1) is 0 Å². The number of nitrogens with zero attached hydrogens (tertiary/aromatic N) is 1. The Morgan fingerprint density at radius 1 is 1.21 bits per heavy atom. The Morgan fingerprint density at radius 3 is 2.79 bits per heavy atom. The predicted molar refractivity (Wildman–Crippen MR) is 78.4 cm³/mol. The van der Waals surface area contributed by atoms with Crippen LogP contribution in [0, 0.1) is 5.92 Å². The molecule has 1 aliphatic carbocycles. The zero-order valence-corrected chi connectivity index (χ0v) is 12.5. The molecule has 3 rings (SSSR count). The van der Waals surface area contributed by atoms with E-state index in [-0.39, 0.29) is 5.60 Å². The first kappa shape index (κ1) is 13.8. The van der Waals surface area contributed by atoms with E-state index in [1.54, 1.807) is 0 Å². The zero-order chi connectivity index (χ0) is 13.1. The van der Waals surface area contributed by atoms with Gasteiger partial charge in [0.25, 0.3) is 0 Å². The zero-order valence-electron chi connectivity index (χ0n) is 12.5. The molecule has 3 nitrogen and oxygen atoms in total. The molecule has 2 heterocycles. The molecule has 1 spiro atoms. The Bertz CT molecular complexity index is 283. The molecule has 1 N–H and O–H groups in total. The van der Waals surface area contributed by atoms with Crippen LogP contribution in [0.2, 0.25) is 0 Å². The van der Waals surface area contributed by atoms with Gasteiger partial charge in [-0.05, 0) is 58.2 Å². The summed E-state index contributed by atoms with van der Waals surface area (Å²) in [4.78, 5) is 2.46. The van der Waals surface area contributed by atoms with E-state index >= 15 is 0 Å². The van der Waals surface area contributed by atoms with Crippen LogP contribution in [0.4, 0.5) is 0 Å². The maximum Gasteiger partial charge on any atom is 0.0697 e. The van der Waals surface area contributed by atoms with Crippen LogP contribution < -0.4 is 5.32 Å². The SMILES string of the molecule is CN1CCC(CNC2CCOC3(CCCCC3)C2)C1. The molecule has 3 heteroatoms. The van der Waals surface area contributed by atoms with Crippen molar-refractivity contribution in [3.8, 4) is 0 Å². The van der Waals surface area contributed by atoms with Crippen LogP contribution in [0.3, 0.4) is 0 Å². The summed E-state index contributed by atoms with van der Waals surface area (Å²) in [5, 5.41) is 3.85. The van der Waals surface area contributed by atoms with E-state index in [1.165, 1.54) is 71.0 Å². The fraction of sp³-hybridized carbons (Fsp3) is 1.00. The molecule has 0 amide bonds. The van der Waals surface area contributed by atoms with E-state index < -0.39 is 0 Å². The summed E-state index contributed by atoms with van der Waals surface area (Å²) in [6.07, 6.45) is 10.6. The van der Waals surface area contributed by atoms with Gasteiger partial charge in [0.05, 0.1) is 5.60 Å². The number of nitrogens with one attached hydrogen (secondary N) is 1. The average molecular weight is 266 g/mol. The number of likely N-dealkylation sites (tertiary alicyclic amines) is 1. The summed E-state index contributed by atoms with van der Waals surface area (Å²) in [6.45, 7) is 4.75. The van der Waals surface area contributed by atoms with E-state index in [4.69, 9.17) is 4.74 Å². The van der Waals surface area contributed by atoms with Crippen molar-refractivity contribution in [1.29, 1.82) is 0 Å². The summed E-state index contributed by atoms with van der Waals surface area (Å²) in [5.41, 5.74) is 0.251. The quantitative estimate of drug-likeness (QED) is 0.849. The Kier molecular flexibility index (Phi) is 4.45. The number of rotatable bonds is 3. The molecule has 19 heavy (non-hydrogen) atoms. The molecule has 3 fully saturated rings. The van der Waals surface area contributed by atoms with Gasteiger partial charge in [0.2, 0.25) is 0 Å². The highest BCUT2D eigenvalue weighted by Gasteiger charge is 2.38. The van der Waals surface area contributed by atoms with Gasteiger partial charge in [0, 0.05) is 19.2 Å². The second-order valence-corrected chi connectivity index (χ2v) is 7.11. The molecule has 2 saturated heterocycles. The molecule has 0 radical (unpaired) electrons. The number of ether oxygens (including phenoxy) is 1. The van der Waals surface area contributed by atoms with Crippen LogP contribution in [0.5, 0.6) is 0 Å². The summed E-state index contributed by atoms with van der Waals surface area (Å²) in [5.74, 6) is 0.871. The first-order valence-electron chi connectivity index (χ1n) is 8.32. The highest BCUT2D eigenvalue weighted by molar-refractivity contribution is 4.92. The molecule has 3 aliphatic rings. The number of hydrogen-bond donors (Lipinski definition) is 1. The highest BCUT2D eigenvalue weighted by atomic mass is 16.5. The Labute approximate surface area is 118 Å². The van der Waals surface area contributed by atoms with Crippen LogP contribution in [0.15, 0.2) is 0 Å². The monoisotopic (exact) mass is 266 g/mol. The molecule has 2 aliphatic heterocycles. The molecule has 0 aromatic carbocycles. The third-order valence-electron chi connectivity index (χ3n) is 5.44. The molecule has 0 aromatic rings. The molecule has 0 bridgehead atoms. The maximum atomic E-state index is 6.18. The lowest BCUT2D eigenvalue weighted by Gasteiger charge is -2.44. The summed E-state index contributed by atoms with van der Waals surface area (Å²) < 4.78 is 6.18. The Balaban J connectivity index is 1.45. The first-order valence-corrected chi connectivity index (χ1v) is 8.32. The molecule has 1 saturated carbocycles. The van der Waals surface area contributed by atoms with Crippen molar-refractivity contribution < 1.29 is 4.74 Å². The molecule has 2 atom stereocenters. The van der Waals surface area contributed by atoms with Gasteiger partial charge in [-0.25, -0.2) is 0 Å². The van der Waals surface area contributed by atoms with Crippen molar-refractivity contribution in [3.63, 3.8) is 0 Å². The molecule has 110 valence electrons. The van der Waals surface area contributed by atoms with Gasteiger partial charge in [-0.2, -0.15) is 0 Å². The van der Waals surface area contributed by atoms with E-state index in [0.717, 1.165) is 12.5 Å². The minimum absolute atomic E-state index is 0.251. The smallest absolute Gasteiger partial charge is 0.0697 e. The van der Waals surface area contributed by atoms with Crippen LogP contribution in [-0.4, -0.2) is 49.8 Å². The fourth-order valence-electron chi connectivity index (χ4n) is 4.27. The van der Waals surface area contributed by atoms with Gasteiger partial charge in [0.15, 0.2) is 0 Å². The molecular formula is C16H30N2O. The molecule has 2 unspecified atom stereocenters. The molecular weight excluding hydrogens is 236 g/mol. The lowest BCUT2D eigenvalue weighted by molar-refractivity contribution is -0.109. The lowest BCUT2D eigenvalue weighted by atomic mass is 9.78. The van der Waals surface area contributed by atoms with E-state index in [9.17, 15) is 0 Å². The minimum Gasteiger partial charge on any atom is -0.375 e. The van der Waals surface area contributed by atoms with E-state index in [0.29, 0.717) is 6.04 Å². The fourth-order valence-corrected chi connectivity index (χ4v) is 4.27. The van der Waals surface area contributed by atoms with Crippen molar-refractivity contribution in [3.05, 3.63) is 0 Å². The maximum absolute atomic E-state index is 6.18. The average Bonchev–Trinajstić information content (AvgIpc) is 2.83.